The molecule has 2 nitrogen and oxygen atoms in total. The van der Waals surface area contributed by atoms with Crippen LogP contribution in [0.3, 0.4) is 0 Å². The van der Waals surface area contributed by atoms with Crippen molar-refractivity contribution in [1.82, 2.24) is 10.2 Å². The van der Waals surface area contributed by atoms with E-state index < -0.39 is 0 Å². The second kappa shape index (κ2) is 4.33. The largest absolute Gasteiger partial charge is 0.305 e. The predicted molar refractivity (Wildman–Crippen MR) is 63.9 cm³/mol. The summed E-state index contributed by atoms with van der Waals surface area (Å²) in [6, 6.07) is 10.7. The van der Waals surface area contributed by atoms with Gasteiger partial charge in [-0.2, -0.15) is 0 Å². The van der Waals surface area contributed by atoms with Gasteiger partial charge in [0.15, 0.2) is 0 Å². The summed E-state index contributed by atoms with van der Waals surface area (Å²) >= 11 is 0. The maximum atomic E-state index is 3.63. The van der Waals surface area contributed by atoms with E-state index in [1.165, 1.54) is 12.1 Å². The van der Waals surface area contributed by atoms with Gasteiger partial charge in [0.1, 0.15) is 0 Å². The van der Waals surface area contributed by atoms with Crippen molar-refractivity contribution < 1.29 is 0 Å². The van der Waals surface area contributed by atoms with Crippen LogP contribution in [0.5, 0.6) is 0 Å². The molecule has 1 aromatic carbocycles. The number of hydrogen-bond donors (Lipinski definition) is 1. The van der Waals surface area contributed by atoms with E-state index in [-0.39, 0.29) is 5.54 Å². The van der Waals surface area contributed by atoms with E-state index in [9.17, 15) is 0 Å². The molecule has 82 valence electrons. The fraction of sp³-hybridized carbons (Fsp3) is 0.538. The molecule has 1 aromatic rings. The lowest BCUT2D eigenvalue weighted by Gasteiger charge is -2.41. The molecule has 2 heteroatoms. The molecule has 1 aliphatic heterocycles. The summed E-state index contributed by atoms with van der Waals surface area (Å²) in [4.78, 5) is 2.50. The first-order valence-electron chi connectivity index (χ1n) is 5.77. The van der Waals surface area contributed by atoms with Crippen molar-refractivity contribution in [3.8, 4) is 0 Å². The first-order valence-corrected chi connectivity index (χ1v) is 5.77. The fourth-order valence-corrected chi connectivity index (χ4v) is 2.34. The minimum atomic E-state index is 0.121. The third-order valence-corrected chi connectivity index (χ3v) is 3.34. The highest BCUT2D eigenvalue weighted by atomic mass is 15.2. The molecule has 0 spiro atoms. The van der Waals surface area contributed by atoms with Crippen molar-refractivity contribution in [2.24, 2.45) is 0 Å². The summed E-state index contributed by atoms with van der Waals surface area (Å²) in [7, 11) is 0. The summed E-state index contributed by atoms with van der Waals surface area (Å²) < 4.78 is 0. The van der Waals surface area contributed by atoms with Gasteiger partial charge in [0, 0.05) is 19.6 Å². The number of nitrogens with zero attached hydrogens (tertiary/aromatic N) is 1. The van der Waals surface area contributed by atoms with Gasteiger partial charge in [-0.15, -0.1) is 0 Å². The van der Waals surface area contributed by atoms with Crippen LogP contribution in [0, 0.1) is 0 Å². The Kier molecular flexibility index (Phi) is 3.08. The van der Waals surface area contributed by atoms with Gasteiger partial charge in [0.05, 0.1) is 5.54 Å². The zero-order valence-electron chi connectivity index (χ0n) is 9.66. The van der Waals surface area contributed by atoms with Crippen LogP contribution in [0.1, 0.15) is 19.4 Å². The molecule has 1 N–H and O–H groups in total. The van der Waals surface area contributed by atoms with E-state index >= 15 is 0 Å². The maximum Gasteiger partial charge on any atom is 0.0535 e. The van der Waals surface area contributed by atoms with Gasteiger partial charge in [-0.05, 0) is 19.0 Å². The van der Waals surface area contributed by atoms with Gasteiger partial charge in [0.2, 0.25) is 0 Å². The average Bonchev–Trinajstić information content (AvgIpc) is 2.30. The Morgan fingerprint density at radius 1 is 1.33 bits per heavy atom. The van der Waals surface area contributed by atoms with E-state index in [4.69, 9.17) is 0 Å². The molecule has 0 aliphatic carbocycles. The highest BCUT2D eigenvalue weighted by Crippen LogP contribution is 2.23. The second-order valence-corrected chi connectivity index (χ2v) is 4.49. The number of likely N-dealkylation sites (N-methyl/N-ethyl adjacent to an activating group) is 1. The molecule has 0 radical (unpaired) electrons. The highest BCUT2D eigenvalue weighted by Gasteiger charge is 2.31. The van der Waals surface area contributed by atoms with Crippen molar-refractivity contribution in [2.45, 2.75) is 19.4 Å². The SMILES string of the molecule is CCN1CCNC(C)(c2ccccc2)C1. The van der Waals surface area contributed by atoms with Crippen LogP contribution in [-0.2, 0) is 5.54 Å². The first-order chi connectivity index (χ1) is 7.24. The molecular formula is C13H20N2. The molecule has 0 amide bonds. The Morgan fingerprint density at radius 2 is 2.07 bits per heavy atom. The Hall–Kier alpha value is -0.860. The Balaban J connectivity index is 2.19. The van der Waals surface area contributed by atoms with Gasteiger partial charge >= 0.3 is 0 Å². The molecule has 15 heavy (non-hydrogen) atoms. The standard InChI is InChI=1S/C13H20N2/c1-3-15-10-9-14-13(2,11-15)12-7-5-4-6-8-12/h4-8,14H,3,9-11H2,1-2H3. The Bertz CT molecular complexity index is 310. The number of rotatable bonds is 2. The lowest BCUT2D eigenvalue weighted by atomic mass is 9.90. The quantitative estimate of drug-likeness (QED) is 0.790. The van der Waals surface area contributed by atoms with Crippen LogP contribution in [-0.4, -0.2) is 31.1 Å². The van der Waals surface area contributed by atoms with Gasteiger partial charge < -0.3 is 10.2 Å². The van der Waals surface area contributed by atoms with Crippen molar-refractivity contribution in [2.75, 3.05) is 26.2 Å². The van der Waals surface area contributed by atoms with Crippen LogP contribution in [0.2, 0.25) is 0 Å². The minimum Gasteiger partial charge on any atom is -0.305 e. The van der Waals surface area contributed by atoms with E-state index in [0.717, 1.165) is 19.6 Å². The van der Waals surface area contributed by atoms with E-state index in [0.29, 0.717) is 0 Å². The van der Waals surface area contributed by atoms with Crippen LogP contribution in [0.15, 0.2) is 30.3 Å². The highest BCUT2D eigenvalue weighted by molar-refractivity contribution is 5.24. The first kappa shape index (κ1) is 10.7. The average molecular weight is 204 g/mol. The van der Waals surface area contributed by atoms with Crippen LogP contribution >= 0.6 is 0 Å². The third kappa shape index (κ3) is 2.21. The van der Waals surface area contributed by atoms with Crippen LogP contribution in [0.25, 0.3) is 0 Å². The zero-order chi connectivity index (χ0) is 10.7. The molecule has 1 atom stereocenters. The van der Waals surface area contributed by atoms with E-state index in [2.05, 4.69) is 54.4 Å². The van der Waals surface area contributed by atoms with Crippen molar-refractivity contribution in [3.63, 3.8) is 0 Å². The normalized spacial score (nSPS) is 27.9. The fourth-order valence-electron chi connectivity index (χ4n) is 2.34. The molecular weight excluding hydrogens is 184 g/mol. The smallest absolute Gasteiger partial charge is 0.0535 e. The van der Waals surface area contributed by atoms with E-state index in [1.54, 1.807) is 0 Å². The van der Waals surface area contributed by atoms with E-state index in [1.807, 2.05) is 0 Å². The molecule has 1 aliphatic rings. The summed E-state index contributed by atoms with van der Waals surface area (Å²) in [5, 5.41) is 3.63. The monoisotopic (exact) mass is 204 g/mol. The molecule has 2 rings (SSSR count). The summed E-state index contributed by atoms with van der Waals surface area (Å²) in [5.41, 5.74) is 1.51. The summed E-state index contributed by atoms with van der Waals surface area (Å²) in [6.07, 6.45) is 0. The van der Waals surface area contributed by atoms with Gasteiger partial charge in [-0.3, -0.25) is 0 Å². The Morgan fingerprint density at radius 3 is 2.73 bits per heavy atom. The molecule has 1 fully saturated rings. The van der Waals surface area contributed by atoms with Gasteiger partial charge in [-0.1, -0.05) is 37.3 Å². The molecule has 0 saturated carbocycles. The van der Waals surface area contributed by atoms with Gasteiger partial charge in [-0.25, -0.2) is 0 Å². The van der Waals surface area contributed by atoms with Crippen LogP contribution in [0.4, 0.5) is 0 Å². The zero-order valence-corrected chi connectivity index (χ0v) is 9.66. The number of benzene rings is 1. The molecule has 1 saturated heterocycles. The number of piperazine rings is 1. The number of nitrogens with one attached hydrogen (secondary N) is 1. The topological polar surface area (TPSA) is 15.3 Å². The summed E-state index contributed by atoms with van der Waals surface area (Å²) in [6.45, 7) is 9.02. The summed E-state index contributed by atoms with van der Waals surface area (Å²) in [5.74, 6) is 0. The molecule has 1 unspecified atom stereocenters. The number of hydrogen-bond acceptors (Lipinski definition) is 2. The van der Waals surface area contributed by atoms with Crippen molar-refractivity contribution in [3.05, 3.63) is 35.9 Å². The van der Waals surface area contributed by atoms with Gasteiger partial charge in [0.25, 0.3) is 0 Å². The lowest BCUT2D eigenvalue weighted by Crippen LogP contribution is -2.56. The minimum absolute atomic E-state index is 0.121. The molecule has 1 heterocycles. The predicted octanol–water partition coefficient (Wildman–Crippen LogP) is 1.83. The maximum absolute atomic E-state index is 3.63. The van der Waals surface area contributed by atoms with Crippen molar-refractivity contribution in [1.29, 1.82) is 0 Å². The van der Waals surface area contributed by atoms with Crippen molar-refractivity contribution >= 4 is 0 Å². The van der Waals surface area contributed by atoms with Crippen LogP contribution < -0.4 is 5.32 Å². The lowest BCUT2D eigenvalue weighted by molar-refractivity contribution is 0.149. The molecule has 0 bridgehead atoms. The Labute approximate surface area is 92.3 Å². The molecule has 0 aromatic heterocycles. The second-order valence-electron chi connectivity index (χ2n) is 4.49. The third-order valence-electron chi connectivity index (χ3n) is 3.34.